The van der Waals surface area contributed by atoms with Crippen molar-refractivity contribution in [2.75, 3.05) is 13.3 Å². The van der Waals surface area contributed by atoms with E-state index in [2.05, 4.69) is 26.1 Å². The Bertz CT molecular complexity index is 413. The molecule has 0 atom stereocenters. The molecule has 0 unspecified atom stereocenters. The molecular formula is C13H18ClNO2. The lowest BCUT2D eigenvalue weighted by Gasteiger charge is -2.20. The van der Waals surface area contributed by atoms with E-state index in [1.54, 1.807) is 0 Å². The van der Waals surface area contributed by atoms with Crippen LogP contribution in [0.3, 0.4) is 0 Å². The first kappa shape index (κ1) is 12.5. The summed E-state index contributed by atoms with van der Waals surface area (Å²) in [5.74, 6) is 1.42. The molecule has 0 radical (unpaired) electrons. The van der Waals surface area contributed by atoms with Gasteiger partial charge in [-0.3, -0.25) is 0 Å². The Kier molecular flexibility index (Phi) is 3.50. The minimum Gasteiger partial charge on any atom is -0.454 e. The zero-order valence-corrected chi connectivity index (χ0v) is 11.2. The standard InChI is InChI=1S/C13H18ClNO2/c1-13(2,3)15-5-4-9-6-10(14)12-11(7-9)16-8-17-12/h6-7,15H,4-5,8H2,1-3H3. The number of rotatable bonds is 3. The molecule has 0 spiro atoms. The Morgan fingerprint density at radius 2 is 2.06 bits per heavy atom. The number of benzene rings is 1. The number of hydrogen-bond donors (Lipinski definition) is 1. The van der Waals surface area contributed by atoms with Crippen molar-refractivity contribution >= 4 is 11.6 Å². The van der Waals surface area contributed by atoms with Gasteiger partial charge in [0.15, 0.2) is 11.5 Å². The molecule has 0 amide bonds. The highest BCUT2D eigenvalue weighted by molar-refractivity contribution is 6.32. The maximum atomic E-state index is 6.12. The van der Waals surface area contributed by atoms with Gasteiger partial charge in [0, 0.05) is 5.54 Å². The van der Waals surface area contributed by atoms with Crippen LogP contribution in [0.1, 0.15) is 26.3 Å². The van der Waals surface area contributed by atoms with E-state index >= 15 is 0 Å². The van der Waals surface area contributed by atoms with Crippen molar-refractivity contribution in [3.63, 3.8) is 0 Å². The fourth-order valence-corrected chi connectivity index (χ4v) is 2.03. The van der Waals surface area contributed by atoms with Gasteiger partial charge in [-0.15, -0.1) is 0 Å². The van der Waals surface area contributed by atoms with Crippen molar-refractivity contribution in [1.82, 2.24) is 5.32 Å². The van der Waals surface area contributed by atoms with Gasteiger partial charge in [-0.05, 0) is 51.4 Å². The molecule has 17 heavy (non-hydrogen) atoms. The second-order valence-electron chi connectivity index (χ2n) is 5.24. The van der Waals surface area contributed by atoms with Crippen LogP contribution in [0.15, 0.2) is 12.1 Å². The fourth-order valence-electron chi connectivity index (χ4n) is 1.75. The van der Waals surface area contributed by atoms with Gasteiger partial charge in [0.05, 0.1) is 5.02 Å². The van der Waals surface area contributed by atoms with E-state index in [1.165, 1.54) is 0 Å². The minimum atomic E-state index is 0.139. The van der Waals surface area contributed by atoms with E-state index in [0.29, 0.717) is 10.8 Å². The molecule has 1 aromatic rings. The summed E-state index contributed by atoms with van der Waals surface area (Å²) in [6.07, 6.45) is 0.924. The largest absolute Gasteiger partial charge is 0.454 e. The third kappa shape index (κ3) is 3.27. The summed E-state index contributed by atoms with van der Waals surface area (Å²) in [7, 11) is 0. The van der Waals surface area contributed by atoms with E-state index in [4.69, 9.17) is 21.1 Å². The molecule has 0 fully saturated rings. The molecule has 0 saturated carbocycles. The van der Waals surface area contributed by atoms with Gasteiger partial charge in [-0.25, -0.2) is 0 Å². The molecule has 3 nitrogen and oxygen atoms in total. The van der Waals surface area contributed by atoms with E-state index < -0.39 is 0 Å². The quantitative estimate of drug-likeness (QED) is 0.901. The summed E-state index contributed by atoms with van der Waals surface area (Å²) in [5.41, 5.74) is 1.30. The lowest BCUT2D eigenvalue weighted by Crippen LogP contribution is -2.37. The summed E-state index contributed by atoms with van der Waals surface area (Å²) in [6, 6.07) is 3.94. The number of hydrogen-bond acceptors (Lipinski definition) is 3. The summed E-state index contributed by atoms with van der Waals surface area (Å²) in [6.45, 7) is 7.64. The monoisotopic (exact) mass is 255 g/mol. The average molecular weight is 256 g/mol. The van der Waals surface area contributed by atoms with E-state index in [1.807, 2.05) is 12.1 Å². The second-order valence-corrected chi connectivity index (χ2v) is 5.65. The van der Waals surface area contributed by atoms with Crippen molar-refractivity contribution < 1.29 is 9.47 Å². The molecular weight excluding hydrogens is 238 g/mol. The van der Waals surface area contributed by atoms with Crippen LogP contribution in [-0.4, -0.2) is 18.9 Å². The van der Waals surface area contributed by atoms with Crippen LogP contribution in [0.25, 0.3) is 0 Å². The first-order valence-corrected chi connectivity index (χ1v) is 6.16. The van der Waals surface area contributed by atoms with E-state index in [9.17, 15) is 0 Å². The Hall–Kier alpha value is -0.930. The van der Waals surface area contributed by atoms with Crippen LogP contribution in [0.5, 0.6) is 11.5 Å². The summed E-state index contributed by atoms with van der Waals surface area (Å²) < 4.78 is 10.6. The number of halogens is 1. The smallest absolute Gasteiger partial charge is 0.231 e. The first-order chi connectivity index (χ1) is 7.96. The van der Waals surface area contributed by atoms with Crippen LogP contribution in [0.4, 0.5) is 0 Å². The molecule has 1 aliphatic heterocycles. The average Bonchev–Trinajstić information content (AvgIpc) is 2.64. The molecule has 1 N–H and O–H groups in total. The van der Waals surface area contributed by atoms with E-state index in [-0.39, 0.29) is 12.3 Å². The Morgan fingerprint density at radius 1 is 1.29 bits per heavy atom. The molecule has 0 aromatic heterocycles. The van der Waals surface area contributed by atoms with Crippen LogP contribution in [-0.2, 0) is 6.42 Å². The van der Waals surface area contributed by atoms with Crippen molar-refractivity contribution in [3.8, 4) is 11.5 Å². The van der Waals surface area contributed by atoms with Crippen LogP contribution in [0.2, 0.25) is 5.02 Å². The predicted octanol–water partition coefficient (Wildman–Crippen LogP) is 3.00. The highest BCUT2D eigenvalue weighted by atomic mass is 35.5. The molecule has 0 saturated heterocycles. The highest BCUT2D eigenvalue weighted by Crippen LogP contribution is 2.39. The van der Waals surface area contributed by atoms with Crippen LogP contribution < -0.4 is 14.8 Å². The van der Waals surface area contributed by atoms with Crippen molar-refractivity contribution in [2.45, 2.75) is 32.7 Å². The zero-order chi connectivity index (χ0) is 12.5. The number of fused-ring (bicyclic) bond motifs is 1. The maximum Gasteiger partial charge on any atom is 0.231 e. The maximum absolute atomic E-state index is 6.12. The summed E-state index contributed by atoms with van der Waals surface area (Å²) in [4.78, 5) is 0. The van der Waals surface area contributed by atoms with Gasteiger partial charge >= 0.3 is 0 Å². The predicted molar refractivity (Wildman–Crippen MR) is 69.0 cm³/mol. The minimum absolute atomic E-state index is 0.139. The Morgan fingerprint density at radius 3 is 2.76 bits per heavy atom. The molecule has 0 aliphatic carbocycles. The van der Waals surface area contributed by atoms with E-state index in [0.717, 1.165) is 24.3 Å². The van der Waals surface area contributed by atoms with Gasteiger partial charge in [-0.1, -0.05) is 11.6 Å². The van der Waals surface area contributed by atoms with Crippen molar-refractivity contribution in [1.29, 1.82) is 0 Å². The third-order valence-electron chi connectivity index (χ3n) is 2.56. The van der Waals surface area contributed by atoms with Crippen molar-refractivity contribution in [3.05, 3.63) is 22.7 Å². The summed E-state index contributed by atoms with van der Waals surface area (Å²) >= 11 is 6.12. The lowest BCUT2D eigenvalue weighted by atomic mass is 10.1. The third-order valence-corrected chi connectivity index (χ3v) is 2.84. The Labute approximate surface area is 107 Å². The molecule has 94 valence electrons. The normalized spacial score (nSPS) is 14.1. The van der Waals surface area contributed by atoms with Crippen LogP contribution >= 0.6 is 11.6 Å². The van der Waals surface area contributed by atoms with Gasteiger partial charge in [0.1, 0.15) is 0 Å². The Balaban J connectivity index is 2.00. The topological polar surface area (TPSA) is 30.5 Å². The highest BCUT2D eigenvalue weighted by Gasteiger charge is 2.18. The van der Waals surface area contributed by atoms with Gasteiger partial charge < -0.3 is 14.8 Å². The lowest BCUT2D eigenvalue weighted by molar-refractivity contribution is 0.174. The van der Waals surface area contributed by atoms with Gasteiger partial charge in [-0.2, -0.15) is 0 Å². The molecule has 2 rings (SSSR count). The molecule has 0 bridgehead atoms. The number of nitrogens with one attached hydrogen (secondary N) is 1. The molecule has 1 aliphatic rings. The second kappa shape index (κ2) is 4.75. The molecule has 1 aromatic carbocycles. The van der Waals surface area contributed by atoms with Gasteiger partial charge in [0.2, 0.25) is 6.79 Å². The zero-order valence-electron chi connectivity index (χ0n) is 10.5. The first-order valence-electron chi connectivity index (χ1n) is 5.79. The number of ether oxygens (including phenoxy) is 2. The molecule has 4 heteroatoms. The SMILES string of the molecule is CC(C)(C)NCCc1cc(Cl)c2c(c1)OCO2. The molecule has 1 heterocycles. The summed E-state index contributed by atoms with van der Waals surface area (Å²) in [5, 5.41) is 4.07. The van der Waals surface area contributed by atoms with Crippen molar-refractivity contribution in [2.24, 2.45) is 0 Å². The fraction of sp³-hybridized carbons (Fsp3) is 0.538. The van der Waals surface area contributed by atoms with Gasteiger partial charge in [0.25, 0.3) is 0 Å². The van der Waals surface area contributed by atoms with Crippen LogP contribution in [0, 0.1) is 0 Å².